The van der Waals surface area contributed by atoms with Gasteiger partial charge in [-0.2, -0.15) is 5.10 Å². The zero-order chi connectivity index (χ0) is 15.2. The molecule has 0 aliphatic rings. The average molecular weight is 291 g/mol. The quantitative estimate of drug-likeness (QED) is 0.794. The summed E-state index contributed by atoms with van der Waals surface area (Å²) in [6, 6.07) is 5.39. The first-order chi connectivity index (χ1) is 10.1. The van der Waals surface area contributed by atoms with E-state index in [1.54, 1.807) is 10.9 Å². The predicted molar refractivity (Wildman–Crippen MR) is 76.0 cm³/mol. The smallest absolute Gasteiger partial charge is 0.253 e. The molecular weight excluding hydrogens is 273 g/mol. The lowest BCUT2D eigenvalue weighted by molar-refractivity contribution is -0.129. The molecule has 1 amide bonds. The summed E-state index contributed by atoms with van der Waals surface area (Å²) < 4.78 is 14.8. The number of amides is 1. The number of aryl methyl sites for hydroxylation is 2. The van der Waals surface area contributed by atoms with E-state index >= 15 is 0 Å². The Hall–Kier alpha value is -2.21. The highest BCUT2D eigenvalue weighted by Gasteiger charge is 2.16. The molecule has 1 heterocycles. The molecule has 1 atom stereocenters. The zero-order valence-corrected chi connectivity index (χ0v) is 11.8. The zero-order valence-electron chi connectivity index (χ0n) is 11.8. The number of halogens is 1. The van der Waals surface area contributed by atoms with Crippen molar-refractivity contribution in [2.24, 2.45) is 0 Å². The highest BCUT2D eigenvalue weighted by atomic mass is 19.1. The largest absolute Gasteiger partial charge is 0.378 e. The lowest BCUT2D eigenvalue weighted by Gasteiger charge is -2.11. The third kappa shape index (κ3) is 4.39. The number of carbonyl (C=O) groups excluding carboxylic acids is 1. The first kappa shape index (κ1) is 15.2. The Kier molecular flexibility index (Phi) is 5.05. The highest BCUT2D eigenvalue weighted by molar-refractivity contribution is 5.81. The number of hydrogen-bond acceptors (Lipinski definition) is 3. The number of rotatable bonds is 6. The van der Waals surface area contributed by atoms with E-state index in [2.05, 4.69) is 10.4 Å². The second kappa shape index (κ2) is 6.99. The van der Waals surface area contributed by atoms with Gasteiger partial charge in [0.05, 0.1) is 6.20 Å². The average Bonchev–Trinajstić information content (AvgIpc) is 2.88. The molecule has 112 valence electrons. The van der Waals surface area contributed by atoms with Crippen LogP contribution in [0.25, 0.3) is 0 Å². The molecule has 0 fully saturated rings. The number of nitrogens with one attached hydrogen (secondary N) is 1. The van der Waals surface area contributed by atoms with Gasteiger partial charge in [0, 0.05) is 19.3 Å². The summed E-state index contributed by atoms with van der Waals surface area (Å²) in [5.41, 5.74) is 1.33. The van der Waals surface area contributed by atoms with E-state index in [0.717, 1.165) is 11.6 Å². The van der Waals surface area contributed by atoms with E-state index < -0.39 is 17.8 Å². The van der Waals surface area contributed by atoms with Crippen LogP contribution in [0.15, 0.2) is 36.7 Å². The van der Waals surface area contributed by atoms with Crippen molar-refractivity contribution in [3.63, 3.8) is 0 Å². The predicted octanol–water partition coefficient (Wildman–Crippen LogP) is 1.57. The van der Waals surface area contributed by atoms with Crippen molar-refractivity contribution < 1.29 is 14.3 Å². The monoisotopic (exact) mass is 291 g/mol. The maximum atomic E-state index is 13.0. The Bertz CT molecular complexity index is 612. The van der Waals surface area contributed by atoms with Crippen LogP contribution in [-0.4, -0.2) is 27.3 Å². The summed E-state index contributed by atoms with van der Waals surface area (Å²) in [5.74, 6) is -1.01. The van der Waals surface area contributed by atoms with Crippen LogP contribution >= 0.6 is 0 Å². The molecule has 2 rings (SSSR count). The Morgan fingerprint density at radius 2 is 2.33 bits per heavy atom. The molecule has 6 heteroatoms. The maximum absolute atomic E-state index is 13.0. The highest BCUT2D eigenvalue weighted by Crippen LogP contribution is 2.13. The molecule has 5 nitrogen and oxygen atoms in total. The molecule has 21 heavy (non-hydrogen) atoms. The van der Waals surface area contributed by atoms with Gasteiger partial charge in [-0.05, 0) is 36.6 Å². The summed E-state index contributed by atoms with van der Waals surface area (Å²) >= 11 is 0. The Balaban J connectivity index is 1.76. The van der Waals surface area contributed by atoms with Gasteiger partial charge in [0.2, 0.25) is 0 Å². The fourth-order valence-corrected chi connectivity index (χ4v) is 1.97. The third-order valence-electron chi connectivity index (χ3n) is 3.04. The van der Waals surface area contributed by atoms with Crippen LogP contribution in [0.1, 0.15) is 23.7 Å². The van der Waals surface area contributed by atoms with Gasteiger partial charge in [-0.25, -0.2) is 4.39 Å². The topological polar surface area (TPSA) is 67.2 Å². The van der Waals surface area contributed by atoms with Crippen LogP contribution in [0.3, 0.4) is 0 Å². The minimum Gasteiger partial charge on any atom is -0.378 e. The lowest BCUT2D eigenvalue weighted by atomic mass is 10.1. The van der Waals surface area contributed by atoms with Crippen molar-refractivity contribution in [1.82, 2.24) is 15.1 Å². The molecule has 0 bridgehead atoms. The molecule has 0 aliphatic heterocycles. The van der Waals surface area contributed by atoms with E-state index in [9.17, 15) is 14.3 Å². The minimum absolute atomic E-state index is 0.246. The van der Waals surface area contributed by atoms with Gasteiger partial charge in [-0.15, -0.1) is 0 Å². The number of aliphatic hydroxyl groups is 1. The van der Waals surface area contributed by atoms with Crippen molar-refractivity contribution in [3.8, 4) is 0 Å². The summed E-state index contributed by atoms with van der Waals surface area (Å²) in [4.78, 5) is 11.8. The lowest BCUT2D eigenvalue weighted by Crippen LogP contribution is -2.30. The minimum atomic E-state index is -1.35. The molecule has 0 spiro atoms. The van der Waals surface area contributed by atoms with Crippen LogP contribution in [0.5, 0.6) is 0 Å². The van der Waals surface area contributed by atoms with E-state index in [0.29, 0.717) is 19.5 Å². The molecule has 0 saturated carbocycles. The molecular formula is C15H18FN3O2. The van der Waals surface area contributed by atoms with Crippen molar-refractivity contribution in [2.75, 3.05) is 6.54 Å². The van der Waals surface area contributed by atoms with Gasteiger partial charge in [-0.1, -0.05) is 12.1 Å². The first-order valence-corrected chi connectivity index (χ1v) is 6.76. The third-order valence-corrected chi connectivity index (χ3v) is 3.04. The first-order valence-electron chi connectivity index (χ1n) is 6.76. The SMILES string of the molecule is Cc1cnn(CCCNC(=O)[C@H](O)c2cccc(F)c2)c1. The molecule has 2 N–H and O–H groups in total. The molecule has 0 radical (unpaired) electrons. The van der Waals surface area contributed by atoms with Crippen molar-refractivity contribution in [2.45, 2.75) is 26.0 Å². The van der Waals surface area contributed by atoms with Crippen LogP contribution in [0, 0.1) is 12.7 Å². The summed E-state index contributed by atoms with van der Waals surface area (Å²) in [7, 11) is 0. The number of hydrogen-bond donors (Lipinski definition) is 2. The fourth-order valence-electron chi connectivity index (χ4n) is 1.97. The normalized spacial score (nSPS) is 12.1. The van der Waals surface area contributed by atoms with E-state index in [1.165, 1.54) is 18.2 Å². The second-order valence-corrected chi connectivity index (χ2v) is 4.88. The van der Waals surface area contributed by atoms with Crippen molar-refractivity contribution in [3.05, 3.63) is 53.6 Å². The maximum Gasteiger partial charge on any atom is 0.253 e. The van der Waals surface area contributed by atoms with Crippen LogP contribution in [0.4, 0.5) is 4.39 Å². The van der Waals surface area contributed by atoms with Crippen molar-refractivity contribution in [1.29, 1.82) is 0 Å². The molecule has 1 aromatic heterocycles. The van der Waals surface area contributed by atoms with E-state index in [-0.39, 0.29) is 5.56 Å². The standard InChI is InChI=1S/C15H18FN3O2/c1-11-9-18-19(10-11)7-3-6-17-15(21)14(20)12-4-2-5-13(16)8-12/h2,4-5,8-10,14,20H,3,6-7H2,1H3,(H,17,21)/t14-/m1/s1. The molecule has 1 aromatic carbocycles. The van der Waals surface area contributed by atoms with Crippen LogP contribution in [-0.2, 0) is 11.3 Å². The summed E-state index contributed by atoms with van der Waals surface area (Å²) in [6.45, 7) is 3.06. The Labute approximate surface area is 122 Å². The van der Waals surface area contributed by atoms with E-state index in [1.807, 2.05) is 13.1 Å². The molecule has 2 aromatic rings. The van der Waals surface area contributed by atoms with Crippen molar-refractivity contribution >= 4 is 5.91 Å². The van der Waals surface area contributed by atoms with Gasteiger partial charge in [0.15, 0.2) is 6.10 Å². The van der Waals surface area contributed by atoms with Gasteiger partial charge in [0.25, 0.3) is 5.91 Å². The van der Waals surface area contributed by atoms with Gasteiger partial charge in [-0.3, -0.25) is 9.48 Å². The molecule has 0 aliphatic carbocycles. The summed E-state index contributed by atoms with van der Waals surface area (Å²) in [6.07, 6.45) is 3.03. The molecule has 0 unspecified atom stereocenters. The number of carbonyl (C=O) groups is 1. The van der Waals surface area contributed by atoms with Crippen LogP contribution < -0.4 is 5.32 Å². The fraction of sp³-hybridized carbons (Fsp3) is 0.333. The van der Waals surface area contributed by atoms with Gasteiger partial charge >= 0.3 is 0 Å². The van der Waals surface area contributed by atoms with Gasteiger partial charge < -0.3 is 10.4 Å². The van der Waals surface area contributed by atoms with Crippen LogP contribution in [0.2, 0.25) is 0 Å². The number of nitrogens with zero attached hydrogens (tertiary/aromatic N) is 2. The van der Waals surface area contributed by atoms with Gasteiger partial charge in [0.1, 0.15) is 5.82 Å². The number of benzene rings is 1. The molecule has 0 saturated heterocycles. The number of aliphatic hydroxyl groups excluding tert-OH is 1. The number of aromatic nitrogens is 2. The Morgan fingerprint density at radius 3 is 3.00 bits per heavy atom. The second-order valence-electron chi connectivity index (χ2n) is 4.88. The summed E-state index contributed by atoms with van der Waals surface area (Å²) in [5, 5.41) is 16.6. The van der Waals surface area contributed by atoms with E-state index in [4.69, 9.17) is 0 Å². The Morgan fingerprint density at radius 1 is 1.52 bits per heavy atom.